The van der Waals surface area contributed by atoms with E-state index in [1.54, 1.807) is 4.90 Å². The first-order chi connectivity index (χ1) is 9.75. The summed E-state index contributed by atoms with van der Waals surface area (Å²) in [6.45, 7) is 5.87. The van der Waals surface area contributed by atoms with Gasteiger partial charge in [-0.25, -0.2) is 8.42 Å². The molecular weight excluding hydrogens is 310 g/mol. The molecule has 1 aromatic carbocycles. The number of halogens is 1. The molecule has 0 N–H and O–H groups in total. The Morgan fingerprint density at radius 3 is 2.29 bits per heavy atom. The van der Waals surface area contributed by atoms with Crippen LogP contribution in [0.4, 0.5) is 5.69 Å². The van der Waals surface area contributed by atoms with Gasteiger partial charge >= 0.3 is 0 Å². The molecule has 1 aliphatic heterocycles. The molecule has 0 bridgehead atoms. The normalized spacial score (nSPS) is 20.5. The summed E-state index contributed by atoms with van der Waals surface area (Å²) in [6, 6.07) is 3.68. The first-order valence-corrected chi connectivity index (χ1v) is 9.27. The van der Waals surface area contributed by atoms with Crippen LogP contribution < -0.4 is 4.90 Å². The molecule has 6 heteroatoms. The average Bonchev–Trinajstić information content (AvgIpc) is 2.72. The van der Waals surface area contributed by atoms with E-state index >= 15 is 0 Å². The molecule has 0 aliphatic carbocycles. The lowest BCUT2D eigenvalue weighted by atomic mass is 10.0. The van der Waals surface area contributed by atoms with Gasteiger partial charge in [0.15, 0.2) is 9.84 Å². The molecule has 0 spiro atoms. The molecule has 4 nitrogen and oxygen atoms in total. The second-order valence-corrected chi connectivity index (χ2v) is 8.20. The maximum atomic E-state index is 12.3. The zero-order chi connectivity index (χ0) is 15.8. The molecule has 0 saturated carbocycles. The van der Waals surface area contributed by atoms with Crippen LogP contribution in [0.5, 0.6) is 0 Å². The number of carbonyl (C=O) groups is 1. The molecule has 1 heterocycles. The van der Waals surface area contributed by atoms with Gasteiger partial charge in [0.1, 0.15) is 5.88 Å². The van der Waals surface area contributed by atoms with Crippen molar-refractivity contribution in [2.24, 2.45) is 0 Å². The summed E-state index contributed by atoms with van der Waals surface area (Å²) in [6.07, 6.45) is 0.470. The molecule has 0 unspecified atom stereocenters. The van der Waals surface area contributed by atoms with Crippen LogP contribution in [0.2, 0.25) is 0 Å². The van der Waals surface area contributed by atoms with E-state index in [0.717, 1.165) is 22.4 Å². The molecule has 0 radical (unpaired) electrons. The number of hydrogen-bond acceptors (Lipinski definition) is 3. The molecule has 1 fully saturated rings. The smallest absolute Gasteiger partial charge is 0.242 e. The third kappa shape index (κ3) is 3.40. The Morgan fingerprint density at radius 2 is 1.86 bits per heavy atom. The molecule has 1 amide bonds. The summed E-state index contributed by atoms with van der Waals surface area (Å²) in [5.74, 6) is -0.242. The van der Waals surface area contributed by atoms with Crippen LogP contribution in [0.15, 0.2) is 12.1 Å². The monoisotopic (exact) mass is 329 g/mol. The van der Waals surface area contributed by atoms with E-state index < -0.39 is 9.84 Å². The van der Waals surface area contributed by atoms with Crippen LogP contribution in [-0.2, 0) is 14.6 Å². The largest absolute Gasteiger partial charge is 0.307 e. The standard InChI is InChI=1S/C15H20ClNO3S/c1-10-6-11(2)15(12(3)7-10)17(14(18)8-16)13-4-5-21(19,20)9-13/h6-7,13H,4-5,8-9H2,1-3H3/t13-/m0/s1. The molecular formula is C15H20ClNO3S. The highest BCUT2D eigenvalue weighted by Gasteiger charge is 2.36. The van der Waals surface area contributed by atoms with Crippen molar-refractivity contribution in [1.29, 1.82) is 0 Å². The minimum atomic E-state index is -3.06. The van der Waals surface area contributed by atoms with Crippen LogP contribution >= 0.6 is 11.6 Å². The predicted octanol–water partition coefficient (Wildman–Crippen LogP) is 2.37. The average molecular weight is 330 g/mol. The number of amides is 1. The zero-order valence-electron chi connectivity index (χ0n) is 12.5. The summed E-state index contributed by atoms with van der Waals surface area (Å²) >= 11 is 5.74. The molecule has 1 aliphatic rings. The Labute approximate surface area is 131 Å². The summed E-state index contributed by atoms with van der Waals surface area (Å²) in [4.78, 5) is 13.9. The van der Waals surface area contributed by atoms with Gasteiger partial charge in [0.05, 0.1) is 17.5 Å². The van der Waals surface area contributed by atoms with Crippen molar-refractivity contribution in [3.8, 4) is 0 Å². The fraction of sp³-hybridized carbons (Fsp3) is 0.533. The van der Waals surface area contributed by atoms with Crippen LogP contribution in [0.3, 0.4) is 0 Å². The fourth-order valence-corrected chi connectivity index (χ4v) is 4.94. The zero-order valence-corrected chi connectivity index (χ0v) is 14.1. The highest BCUT2D eigenvalue weighted by atomic mass is 35.5. The van der Waals surface area contributed by atoms with Gasteiger partial charge in [-0.3, -0.25) is 4.79 Å². The summed E-state index contributed by atoms with van der Waals surface area (Å²) in [7, 11) is -3.06. The second-order valence-electron chi connectivity index (χ2n) is 5.70. The first-order valence-electron chi connectivity index (χ1n) is 6.91. The molecule has 2 rings (SSSR count). The van der Waals surface area contributed by atoms with E-state index in [1.165, 1.54) is 0 Å². The van der Waals surface area contributed by atoms with Gasteiger partial charge < -0.3 is 4.90 Å². The van der Waals surface area contributed by atoms with Crippen LogP contribution in [0, 0.1) is 20.8 Å². The quantitative estimate of drug-likeness (QED) is 0.800. The first kappa shape index (κ1) is 16.3. The van der Waals surface area contributed by atoms with Crippen molar-refractivity contribution in [1.82, 2.24) is 0 Å². The van der Waals surface area contributed by atoms with Gasteiger partial charge in [-0.05, 0) is 38.3 Å². The SMILES string of the molecule is Cc1cc(C)c(N(C(=O)CCl)[C@H]2CCS(=O)(=O)C2)c(C)c1. The maximum Gasteiger partial charge on any atom is 0.242 e. The highest BCUT2D eigenvalue weighted by Crippen LogP contribution is 2.31. The maximum absolute atomic E-state index is 12.3. The predicted molar refractivity (Wildman–Crippen MR) is 85.9 cm³/mol. The van der Waals surface area contributed by atoms with Crippen LogP contribution in [-0.4, -0.2) is 37.8 Å². The third-order valence-electron chi connectivity index (χ3n) is 3.83. The number of benzene rings is 1. The van der Waals surface area contributed by atoms with E-state index in [4.69, 9.17) is 11.6 Å². The lowest BCUT2D eigenvalue weighted by Gasteiger charge is -2.31. The Balaban J connectivity index is 2.50. The lowest BCUT2D eigenvalue weighted by Crippen LogP contribution is -2.43. The van der Waals surface area contributed by atoms with Gasteiger partial charge in [-0.2, -0.15) is 0 Å². The molecule has 1 saturated heterocycles. The van der Waals surface area contributed by atoms with E-state index in [9.17, 15) is 13.2 Å². The number of rotatable bonds is 3. The van der Waals surface area contributed by atoms with E-state index in [0.29, 0.717) is 6.42 Å². The number of hydrogen-bond donors (Lipinski definition) is 0. The van der Waals surface area contributed by atoms with Gasteiger partial charge in [-0.1, -0.05) is 17.7 Å². The highest BCUT2D eigenvalue weighted by molar-refractivity contribution is 7.91. The minimum Gasteiger partial charge on any atom is -0.307 e. The molecule has 0 aromatic heterocycles. The van der Waals surface area contributed by atoms with Gasteiger partial charge in [0, 0.05) is 5.69 Å². The Morgan fingerprint density at radius 1 is 1.29 bits per heavy atom. The topological polar surface area (TPSA) is 54.5 Å². The van der Waals surface area contributed by atoms with Crippen molar-refractivity contribution >= 4 is 33.0 Å². The van der Waals surface area contributed by atoms with Crippen molar-refractivity contribution in [3.63, 3.8) is 0 Å². The van der Waals surface area contributed by atoms with Gasteiger partial charge in [-0.15, -0.1) is 11.6 Å². The van der Waals surface area contributed by atoms with E-state index in [-0.39, 0.29) is 29.3 Å². The number of anilines is 1. The summed E-state index contributed by atoms with van der Waals surface area (Å²) in [5.41, 5.74) is 3.85. The number of carbonyl (C=O) groups excluding carboxylic acids is 1. The summed E-state index contributed by atoms with van der Waals surface area (Å²) < 4.78 is 23.5. The van der Waals surface area contributed by atoms with Crippen molar-refractivity contribution in [2.75, 3.05) is 22.3 Å². The third-order valence-corrected chi connectivity index (χ3v) is 5.81. The molecule has 116 valence electrons. The van der Waals surface area contributed by atoms with Gasteiger partial charge in [0.2, 0.25) is 5.91 Å². The lowest BCUT2D eigenvalue weighted by molar-refractivity contribution is -0.116. The Hall–Kier alpha value is -1.07. The van der Waals surface area contributed by atoms with Gasteiger partial charge in [0.25, 0.3) is 0 Å². The number of nitrogens with zero attached hydrogens (tertiary/aromatic N) is 1. The van der Waals surface area contributed by atoms with E-state index in [2.05, 4.69) is 0 Å². The van der Waals surface area contributed by atoms with E-state index in [1.807, 2.05) is 32.9 Å². The number of sulfone groups is 1. The molecule has 1 atom stereocenters. The van der Waals surface area contributed by atoms with Crippen molar-refractivity contribution < 1.29 is 13.2 Å². The Bertz CT molecular complexity index is 646. The van der Waals surface area contributed by atoms with Crippen LogP contribution in [0.25, 0.3) is 0 Å². The minimum absolute atomic E-state index is 0.0163. The number of aryl methyl sites for hydroxylation is 3. The second kappa shape index (κ2) is 5.97. The summed E-state index contributed by atoms with van der Waals surface area (Å²) in [5, 5.41) is 0. The Kier molecular flexibility index (Phi) is 4.63. The molecule has 21 heavy (non-hydrogen) atoms. The fourth-order valence-electron chi connectivity index (χ4n) is 3.11. The van der Waals surface area contributed by atoms with Crippen molar-refractivity contribution in [3.05, 3.63) is 28.8 Å². The van der Waals surface area contributed by atoms with Crippen LogP contribution in [0.1, 0.15) is 23.1 Å². The van der Waals surface area contributed by atoms with Crippen molar-refractivity contribution in [2.45, 2.75) is 33.2 Å². The molecule has 1 aromatic rings. The number of alkyl halides is 1.